The zero-order valence-corrected chi connectivity index (χ0v) is 13.0. The van der Waals surface area contributed by atoms with Gasteiger partial charge in [0.15, 0.2) is 0 Å². The summed E-state index contributed by atoms with van der Waals surface area (Å²) in [6.07, 6.45) is 4.32. The maximum Gasteiger partial charge on any atom is 0.246 e. The molecule has 1 aliphatic heterocycles. The first-order chi connectivity index (χ1) is 10.5. The quantitative estimate of drug-likeness (QED) is 0.845. The highest BCUT2D eigenvalue weighted by Crippen LogP contribution is 2.07. The summed E-state index contributed by atoms with van der Waals surface area (Å²) >= 11 is 0. The summed E-state index contributed by atoms with van der Waals surface area (Å²) < 4.78 is 0. The van der Waals surface area contributed by atoms with E-state index in [1.165, 1.54) is 5.56 Å². The molecule has 5 nitrogen and oxygen atoms in total. The summed E-state index contributed by atoms with van der Waals surface area (Å²) in [4.78, 5) is 27.0. The molecule has 2 amide bonds. The second-order valence-corrected chi connectivity index (χ2v) is 5.67. The van der Waals surface area contributed by atoms with Gasteiger partial charge in [0.2, 0.25) is 11.8 Å². The van der Waals surface area contributed by atoms with Gasteiger partial charge in [0.05, 0.1) is 6.54 Å². The van der Waals surface area contributed by atoms with E-state index in [-0.39, 0.29) is 18.4 Å². The second-order valence-electron chi connectivity index (χ2n) is 5.67. The highest BCUT2D eigenvalue weighted by atomic mass is 16.2. The number of aryl methyl sites for hydroxylation is 1. The Balaban J connectivity index is 1.89. The minimum absolute atomic E-state index is 0.0153. The predicted molar refractivity (Wildman–Crippen MR) is 87.0 cm³/mol. The molecular formula is C17H23N3O2. The Bertz CT molecular complexity index is 552. The lowest BCUT2D eigenvalue weighted by atomic mass is 10.1. The summed E-state index contributed by atoms with van der Waals surface area (Å²) in [5, 5.41) is 0. The van der Waals surface area contributed by atoms with Crippen molar-refractivity contribution in [3.63, 3.8) is 0 Å². The van der Waals surface area contributed by atoms with Gasteiger partial charge in [0, 0.05) is 32.3 Å². The first-order valence-electron chi connectivity index (χ1n) is 7.59. The molecule has 0 unspecified atom stereocenters. The van der Waals surface area contributed by atoms with Crippen LogP contribution in [0.4, 0.5) is 0 Å². The van der Waals surface area contributed by atoms with Gasteiger partial charge < -0.3 is 10.6 Å². The number of nitrogens with two attached hydrogens (primary N) is 1. The van der Waals surface area contributed by atoms with Gasteiger partial charge in [-0.2, -0.15) is 0 Å². The standard InChI is InChI=1S/C17H23N3O2/c1-14-3-5-15(6-4-14)7-8-17(22)20-10-2-9-19(11-12-20)13-16(18)21/h3-8H,2,9-13H2,1H3,(H2,18,21)/b8-7+. The third-order valence-electron chi connectivity index (χ3n) is 3.78. The summed E-state index contributed by atoms with van der Waals surface area (Å²) in [6, 6.07) is 8.04. The van der Waals surface area contributed by atoms with Gasteiger partial charge in [0.1, 0.15) is 0 Å². The molecule has 0 spiro atoms. The molecule has 1 aromatic rings. The fraction of sp³-hybridized carbons (Fsp3) is 0.412. The van der Waals surface area contributed by atoms with E-state index < -0.39 is 0 Å². The maximum atomic E-state index is 12.2. The molecule has 1 fully saturated rings. The van der Waals surface area contributed by atoms with E-state index in [0.29, 0.717) is 19.6 Å². The van der Waals surface area contributed by atoms with E-state index >= 15 is 0 Å². The van der Waals surface area contributed by atoms with Gasteiger partial charge in [-0.1, -0.05) is 29.8 Å². The van der Waals surface area contributed by atoms with Crippen molar-refractivity contribution in [3.8, 4) is 0 Å². The maximum absolute atomic E-state index is 12.2. The third-order valence-corrected chi connectivity index (χ3v) is 3.78. The Morgan fingerprint density at radius 3 is 2.55 bits per heavy atom. The molecule has 5 heteroatoms. The number of primary amides is 1. The largest absolute Gasteiger partial charge is 0.369 e. The van der Waals surface area contributed by atoms with Crippen LogP contribution in [0.1, 0.15) is 17.5 Å². The van der Waals surface area contributed by atoms with Gasteiger partial charge in [-0.25, -0.2) is 0 Å². The number of benzene rings is 1. The van der Waals surface area contributed by atoms with Crippen molar-refractivity contribution in [1.82, 2.24) is 9.80 Å². The van der Waals surface area contributed by atoms with Crippen LogP contribution in [-0.4, -0.2) is 54.3 Å². The molecule has 0 saturated carbocycles. The lowest BCUT2D eigenvalue weighted by molar-refractivity contribution is -0.125. The molecule has 0 bridgehead atoms. The fourth-order valence-corrected chi connectivity index (χ4v) is 2.52. The molecule has 118 valence electrons. The van der Waals surface area contributed by atoms with Crippen LogP contribution in [0.15, 0.2) is 30.3 Å². The lowest BCUT2D eigenvalue weighted by Gasteiger charge is -2.19. The zero-order valence-electron chi connectivity index (χ0n) is 13.0. The highest BCUT2D eigenvalue weighted by molar-refractivity contribution is 5.91. The van der Waals surface area contributed by atoms with Gasteiger partial charge >= 0.3 is 0 Å². The van der Waals surface area contributed by atoms with Crippen molar-refractivity contribution in [2.75, 3.05) is 32.7 Å². The van der Waals surface area contributed by atoms with E-state index in [2.05, 4.69) is 0 Å². The smallest absolute Gasteiger partial charge is 0.246 e. The zero-order chi connectivity index (χ0) is 15.9. The summed E-state index contributed by atoms with van der Waals surface area (Å²) in [6.45, 7) is 5.13. The molecule has 2 N–H and O–H groups in total. The Morgan fingerprint density at radius 2 is 1.86 bits per heavy atom. The van der Waals surface area contributed by atoms with Crippen LogP contribution in [0.5, 0.6) is 0 Å². The number of carbonyl (C=O) groups excluding carboxylic acids is 2. The van der Waals surface area contributed by atoms with E-state index in [9.17, 15) is 9.59 Å². The molecular weight excluding hydrogens is 278 g/mol. The number of amides is 2. The molecule has 0 radical (unpaired) electrons. The molecule has 1 aromatic carbocycles. The number of carbonyl (C=O) groups is 2. The van der Waals surface area contributed by atoms with Crippen molar-refractivity contribution in [1.29, 1.82) is 0 Å². The normalized spacial score (nSPS) is 16.7. The van der Waals surface area contributed by atoms with Crippen LogP contribution in [0.2, 0.25) is 0 Å². The lowest BCUT2D eigenvalue weighted by Crippen LogP contribution is -2.37. The summed E-state index contributed by atoms with van der Waals surface area (Å²) in [7, 11) is 0. The molecule has 0 aliphatic carbocycles. The Hall–Kier alpha value is -2.14. The van der Waals surface area contributed by atoms with Gasteiger partial charge in [-0.3, -0.25) is 14.5 Å². The monoisotopic (exact) mass is 301 g/mol. The minimum atomic E-state index is -0.320. The van der Waals surface area contributed by atoms with Gasteiger partial charge in [0.25, 0.3) is 0 Å². The first kappa shape index (κ1) is 16.2. The topological polar surface area (TPSA) is 66.6 Å². The third kappa shape index (κ3) is 5.00. The molecule has 1 saturated heterocycles. The average molecular weight is 301 g/mol. The van der Waals surface area contributed by atoms with Crippen molar-refractivity contribution in [2.45, 2.75) is 13.3 Å². The van der Waals surface area contributed by atoms with Gasteiger partial charge in [-0.15, -0.1) is 0 Å². The van der Waals surface area contributed by atoms with Gasteiger partial charge in [-0.05, 0) is 25.0 Å². The first-order valence-corrected chi connectivity index (χ1v) is 7.59. The van der Waals surface area contributed by atoms with Crippen molar-refractivity contribution in [2.24, 2.45) is 5.73 Å². The molecule has 0 aromatic heterocycles. The van der Waals surface area contributed by atoms with E-state index in [4.69, 9.17) is 5.73 Å². The van der Waals surface area contributed by atoms with Crippen LogP contribution in [0.25, 0.3) is 6.08 Å². The van der Waals surface area contributed by atoms with Crippen LogP contribution >= 0.6 is 0 Å². The van der Waals surface area contributed by atoms with E-state index in [1.54, 1.807) is 6.08 Å². The number of hydrogen-bond acceptors (Lipinski definition) is 3. The summed E-state index contributed by atoms with van der Waals surface area (Å²) in [5.41, 5.74) is 7.44. The highest BCUT2D eigenvalue weighted by Gasteiger charge is 2.18. The number of nitrogens with zero attached hydrogens (tertiary/aromatic N) is 2. The molecule has 1 heterocycles. The Kier molecular flexibility index (Phi) is 5.72. The second kappa shape index (κ2) is 7.75. The van der Waals surface area contributed by atoms with Crippen molar-refractivity contribution in [3.05, 3.63) is 41.5 Å². The van der Waals surface area contributed by atoms with Crippen LogP contribution in [-0.2, 0) is 9.59 Å². The van der Waals surface area contributed by atoms with Crippen LogP contribution < -0.4 is 5.73 Å². The van der Waals surface area contributed by atoms with Crippen molar-refractivity contribution < 1.29 is 9.59 Å². The van der Waals surface area contributed by atoms with E-state index in [1.807, 2.05) is 47.1 Å². The Labute approximate surface area is 131 Å². The Morgan fingerprint density at radius 1 is 1.14 bits per heavy atom. The van der Waals surface area contributed by atoms with Crippen molar-refractivity contribution >= 4 is 17.9 Å². The fourth-order valence-electron chi connectivity index (χ4n) is 2.52. The molecule has 22 heavy (non-hydrogen) atoms. The average Bonchev–Trinajstić information content (AvgIpc) is 2.71. The predicted octanol–water partition coefficient (Wildman–Crippen LogP) is 1.03. The SMILES string of the molecule is Cc1ccc(/C=C/C(=O)N2CCCN(CC(N)=O)CC2)cc1. The number of hydrogen-bond donors (Lipinski definition) is 1. The summed E-state index contributed by atoms with van der Waals surface area (Å²) in [5.74, 6) is -0.305. The van der Waals surface area contributed by atoms with Crippen LogP contribution in [0, 0.1) is 6.92 Å². The molecule has 0 atom stereocenters. The molecule has 2 rings (SSSR count). The van der Waals surface area contributed by atoms with E-state index in [0.717, 1.165) is 18.5 Å². The minimum Gasteiger partial charge on any atom is -0.369 e. The molecule has 1 aliphatic rings. The van der Waals surface area contributed by atoms with Crippen LogP contribution in [0.3, 0.4) is 0 Å². The number of rotatable bonds is 4.